The Morgan fingerprint density at radius 3 is 2.54 bits per heavy atom. The molecule has 1 aromatic carbocycles. The first-order valence-corrected chi connectivity index (χ1v) is 15.1. The third-order valence-corrected chi connectivity index (χ3v) is 11.1. The number of amides is 1. The average molecular weight is 531 g/mol. The number of ether oxygens (including phenoxy) is 1. The van der Waals surface area contributed by atoms with E-state index in [-0.39, 0.29) is 12.0 Å². The molecule has 5 aliphatic rings. The van der Waals surface area contributed by atoms with E-state index in [1.807, 2.05) is 16.5 Å². The van der Waals surface area contributed by atoms with E-state index in [2.05, 4.69) is 23.8 Å². The molecular formula is C27H39N4O5P. The second kappa shape index (κ2) is 9.69. The minimum Gasteiger partial charge on any atom is -0.410 e. The fourth-order valence-electron chi connectivity index (χ4n) is 7.52. The number of fused-ring (bicyclic) bond motifs is 4. The molecule has 0 radical (unpaired) electrons. The van der Waals surface area contributed by atoms with E-state index in [9.17, 15) is 9.36 Å². The Labute approximate surface area is 219 Å². The standard InChI is InChI=1S/C27H39N4O5P/c1-5-19-14-18-15-23-25(19)30(17-18)9-8-21-22-16-20(36-27(32)29-12-10-28(2)11-13-29)6-7-24(22)31(26(21)23)37(33,34-3)35-4/h6-7,16,18-19,23,25H,5,8-15,17H2,1-4H3/t18-,19?,23+,25?/m0/s1. The minimum absolute atomic E-state index is 0.275. The van der Waals surface area contributed by atoms with Gasteiger partial charge in [0.25, 0.3) is 0 Å². The highest BCUT2D eigenvalue weighted by Gasteiger charge is 2.50. The van der Waals surface area contributed by atoms with Crippen LogP contribution in [0.1, 0.15) is 43.4 Å². The second-order valence-corrected chi connectivity index (χ2v) is 13.3. The molecule has 5 atom stereocenters. The molecule has 7 rings (SSSR count). The lowest BCUT2D eigenvalue weighted by Crippen LogP contribution is -2.56. The molecule has 10 heteroatoms. The first kappa shape index (κ1) is 25.4. The third kappa shape index (κ3) is 4.14. The molecule has 5 heterocycles. The number of likely N-dealkylation sites (N-methyl/N-ethyl adjacent to an activating group) is 1. The van der Waals surface area contributed by atoms with Gasteiger partial charge < -0.3 is 14.5 Å². The van der Waals surface area contributed by atoms with Gasteiger partial charge in [-0.2, -0.15) is 0 Å². The van der Waals surface area contributed by atoms with Crippen molar-refractivity contribution in [3.63, 3.8) is 0 Å². The van der Waals surface area contributed by atoms with Crippen LogP contribution in [0.2, 0.25) is 0 Å². The van der Waals surface area contributed by atoms with Crippen molar-refractivity contribution in [1.29, 1.82) is 0 Å². The molecule has 1 amide bonds. The number of benzene rings is 1. The van der Waals surface area contributed by atoms with Gasteiger partial charge in [-0.15, -0.1) is 0 Å². The van der Waals surface area contributed by atoms with Crippen LogP contribution in [0.5, 0.6) is 5.75 Å². The molecule has 0 spiro atoms. The van der Waals surface area contributed by atoms with Crippen LogP contribution in [-0.2, 0) is 20.0 Å². The summed E-state index contributed by atoms with van der Waals surface area (Å²) in [5.41, 5.74) is 3.11. The van der Waals surface area contributed by atoms with Crippen LogP contribution in [0.25, 0.3) is 10.9 Å². The summed E-state index contributed by atoms with van der Waals surface area (Å²) in [6.07, 6.45) is 4.07. The number of hydrogen-bond acceptors (Lipinski definition) is 7. The zero-order valence-electron chi connectivity index (χ0n) is 22.4. The van der Waals surface area contributed by atoms with Crippen LogP contribution in [0, 0.1) is 11.8 Å². The SMILES string of the molecule is CCC1C[C@H]2C[C@H]3c4c(c5cc(OC(=O)N6CCN(C)CC6)ccc5n4P(=O)(OC)OC)CCN(C2)C13. The fourth-order valence-corrected chi connectivity index (χ4v) is 8.97. The molecule has 4 aliphatic heterocycles. The number of nitrogens with zero attached hydrogens (tertiary/aromatic N) is 4. The zero-order chi connectivity index (χ0) is 25.9. The molecule has 1 aliphatic carbocycles. The van der Waals surface area contributed by atoms with Crippen LogP contribution in [0.3, 0.4) is 0 Å². The van der Waals surface area contributed by atoms with Crippen LogP contribution in [0.15, 0.2) is 18.2 Å². The van der Waals surface area contributed by atoms with E-state index >= 15 is 0 Å². The molecule has 9 nitrogen and oxygen atoms in total. The van der Waals surface area contributed by atoms with Gasteiger partial charge in [0.1, 0.15) is 5.75 Å². The lowest BCUT2D eigenvalue weighted by atomic mass is 9.65. The average Bonchev–Trinajstić information content (AvgIpc) is 3.19. The van der Waals surface area contributed by atoms with Gasteiger partial charge in [0.15, 0.2) is 0 Å². The Bertz CT molecular complexity index is 1230. The van der Waals surface area contributed by atoms with E-state index < -0.39 is 7.75 Å². The maximum Gasteiger partial charge on any atom is 0.439 e. The van der Waals surface area contributed by atoms with Gasteiger partial charge in [0.2, 0.25) is 0 Å². The molecule has 37 heavy (non-hydrogen) atoms. The molecule has 4 fully saturated rings. The summed E-state index contributed by atoms with van der Waals surface area (Å²) in [7, 11) is 1.38. The predicted octanol–water partition coefficient (Wildman–Crippen LogP) is 4.40. The van der Waals surface area contributed by atoms with E-state index in [1.54, 1.807) is 11.0 Å². The number of piperidine rings is 2. The van der Waals surface area contributed by atoms with E-state index in [0.717, 1.165) is 62.0 Å². The first-order chi connectivity index (χ1) is 17.9. The summed E-state index contributed by atoms with van der Waals surface area (Å²) in [6, 6.07) is 6.11. The molecule has 2 aromatic rings. The van der Waals surface area contributed by atoms with Crippen molar-refractivity contribution in [3.8, 4) is 5.75 Å². The molecule has 1 saturated carbocycles. The predicted molar refractivity (Wildman–Crippen MR) is 142 cm³/mol. The lowest BCUT2D eigenvalue weighted by molar-refractivity contribution is -0.0138. The van der Waals surface area contributed by atoms with Gasteiger partial charge >= 0.3 is 13.8 Å². The van der Waals surface area contributed by atoms with Gasteiger partial charge in [-0.25, -0.2) is 9.36 Å². The topological polar surface area (TPSA) is 76.5 Å². The summed E-state index contributed by atoms with van der Waals surface area (Å²) in [6.45, 7) is 7.43. The summed E-state index contributed by atoms with van der Waals surface area (Å²) in [5, 5.41) is 0.977. The van der Waals surface area contributed by atoms with Crippen molar-refractivity contribution in [1.82, 2.24) is 19.0 Å². The van der Waals surface area contributed by atoms with Crippen LogP contribution in [-0.4, -0.2) is 91.7 Å². The van der Waals surface area contributed by atoms with Crippen molar-refractivity contribution in [2.24, 2.45) is 11.8 Å². The quantitative estimate of drug-likeness (QED) is 0.531. The van der Waals surface area contributed by atoms with Crippen molar-refractivity contribution in [2.75, 3.05) is 60.5 Å². The number of rotatable bonds is 5. The van der Waals surface area contributed by atoms with Gasteiger partial charge in [-0.05, 0) is 61.9 Å². The first-order valence-electron chi connectivity index (χ1n) is 13.7. The smallest absolute Gasteiger partial charge is 0.410 e. The Hall–Kier alpha value is -1.90. The van der Waals surface area contributed by atoms with Crippen molar-refractivity contribution >= 4 is 24.7 Å². The normalized spacial score (nSPS) is 29.8. The highest BCUT2D eigenvalue weighted by atomic mass is 31.2. The molecule has 3 unspecified atom stereocenters. The third-order valence-electron chi connectivity index (χ3n) is 9.29. The fraction of sp³-hybridized carbons (Fsp3) is 0.667. The maximum atomic E-state index is 14.0. The summed E-state index contributed by atoms with van der Waals surface area (Å²) in [4.78, 5) is 19.6. The highest BCUT2D eigenvalue weighted by molar-refractivity contribution is 7.52. The molecule has 3 saturated heterocycles. The number of piperazine rings is 1. The monoisotopic (exact) mass is 530 g/mol. The van der Waals surface area contributed by atoms with Crippen LogP contribution < -0.4 is 4.74 Å². The summed E-state index contributed by atoms with van der Waals surface area (Å²) >= 11 is 0. The van der Waals surface area contributed by atoms with Gasteiger partial charge in [-0.1, -0.05) is 13.3 Å². The minimum atomic E-state index is -3.60. The summed E-state index contributed by atoms with van der Waals surface area (Å²) < 4.78 is 32.9. The number of carbonyl (C=O) groups is 1. The van der Waals surface area contributed by atoms with Crippen LogP contribution in [0.4, 0.5) is 4.79 Å². The van der Waals surface area contributed by atoms with E-state index in [4.69, 9.17) is 13.8 Å². The second-order valence-electron chi connectivity index (χ2n) is 11.2. The van der Waals surface area contributed by atoms with Gasteiger partial charge in [0.05, 0.1) is 5.52 Å². The Morgan fingerprint density at radius 2 is 1.84 bits per heavy atom. The largest absolute Gasteiger partial charge is 0.439 e. The number of carbonyl (C=O) groups excluding carboxylic acids is 1. The lowest BCUT2D eigenvalue weighted by Gasteiger charge is -2.53. The number of aromatic nitrogens is 1. The summed E-state index contributed by atoms with van der Waals surface area (Å²) in [5.74, 6) is 2.08. The molecule has 0 N–H and O–H groups in total. The van der Waals surface area contributed by atoms with Gasteiger partial charge in [0, 0.05) is 76.5 Å². The van der Waals surface area contributed by atoms with Crippen molar-refractivity contribution in [2.45, 2.75) is 44.6 Å². The van der Waals surface area contributed by atoms with Gasteiger partial charge in [-0.3, -0.25) is 18.3 Å². The maximum absolute atomic E-state index is 14.0. The Kier molecular flexibility index (Phi) is 6.65. The van der Waals surface area contributed by atoms with E-state index in [0.29, 0.717) is 36.7 Å². The Balaban J connectivity index is 1.44. The van der Waals surface area contributed by atoms with Crippen molar-refractivity contribution < 1.29 is 23.1 Å². The van der Waals surface area contributed by atoms with E-state index in [1.165, 1.54) is 26.2 Å². The molecule has 1 aromatic heterocycles. The van der Waals surface area contributed by atoms with Crippen molar-refractivity contribution in [3.05, 3.63) is 29.5 Å². The van der Waals surface area contributed by atoms with Crippen LogP contribution >= 0.6 is 7.75 Å². The highest BCUT2D eigenvalue weighted by Crippen LogP contribution is 2.58. The zero-order valence-corrected chi connectivity index (χ0v) is 23.3. The number of hydrogen-bond donors (Lipinski definition) is 0. The Morgan fingerprint density at radius 1 is 1.08 bits per heavy atom. The molecule has 4 bridgehead atoms. The molecular weight excluding hydrogens is 491 g/mol. The molecule has 202 valence electrons.